The van der Waals surface area contributed by atoms with Crippen LogP contribution in [-0.2, 0) is 0 Å². The lowest BCUT2D eigenvalue weighted by atomic mass is 10.1. The van der Waals surface area contributed by atoms with Gasteiger partial charge in [0.05, 0.1) is 0 Å². The third kappa shape index (κ3) is 2.97. The van der Waals surface area contributed by atoms with E-state index in [0.717, 1.165) is 37.5 Å². The highest BCUT2D eigenvalue weighted by molar-refractivity contribution is 5.93. The van der Waals surface area contributed by atoms with E-state index < -0.39 is 6.17 Å². The quantitative estimate of drug-likeness (QED) is 0.831. The Bertz CT molecular complexity index is 866. The van der Waals surface area contributed by atoms with E-state index in [1.165, 1.54) is 12.5 Å². The number of likely N-dealkylation sites (tertiary alicyclic amines) is 1. The Kier molecular flexibility index (Phi) is 3.91. The zero-order valence-corrected chi connectivity index (χ0v) is 14.1. The highest BCUT2D eigenvalue weighted by Crippen LogP contribution is 2.27. The monoisotopic (exact) mass is 339 g/mol. The molecule has 7 nitrogen and oxygen atoms in total. The molecular formula is C18H21N5O2. The lowest BCUT2D eigenvalue weighted by Gasteiger charge is -2.34. The molecule has 3 heterocycles. The van der Waals surface area contributed by atoms with Crippen LogP contribution in [-0.4, -0.2) is 38.6 Å². The average Bonchev–Trinajstić information content (AvgIpc) is 2.62. The van der Waals surface area contributed by atoms with Gasteiger partial charge in [0.1, 0.15) is 5.75 Å². The van der Waals surface area contributed by atoms with Gasteiger partial charge in [-0.1, -0.05) is 12.1 Å². The van der Waals surface area contributed by atoms with E-state index in [4.69, 9.17) is 4.99 Å². The van der Waals surface area contributed by atoms with Crippen molar-refractivity contribution in [2.75, 3.05) is 18.4 Å². The van der Waals surface area contributed by atoms with Gasteiger partial charge in [0.15, 0.2) is 6.17 Å². The van der Waals surface area contributed by atoms with Crippen molar-refractivity contribution in [1.29, 1.82) is 0 Å². The molecule has 0 aliphatic carbocycles. The molecule has 0 saturated carbocycles. The standard InChI is InChI=1S/C18H21N5O2/c1-12-11-15(25)23-16(13-5-7-14(24)8-6-13)20-17(21-18(23)19-12)22-9-3-2-4-10-22/h5-8,11,16,24H,2-4,9-10H2,1H3,(H,19,20,21). The van der Waals surface area contributed by atoms with E-state index in [9.17, 15) is 9.90 Å². The largest absolute Gasteiger partial charge is 0.508 e. The van der Waals surface area contributed by atoms with E-state index in [1.54, 1.807) is 28.8 Å². The number of phenolic OH excluding ortho intramolecular Hbond substituents is 1. The number of aliphatic imine (C=N–C) groups is 1. The number of benzene rings is 1. The van der Waals surface area contributed by atoms with Gasteiger partial charge in [0, 0.05) is 24.8 Å². The zero-order valence-electron chi connectivity index (χ0n) is 14.1. The maximum absolute atomic E-state index is 12.6. The number of nitrogens with one attached hydrogen (secondary N) is 1. The first-order chi connectivity index (χ1) is 12.1. The molecule has 0 radical (unpaired) electrons. The van der Waals surface area contributed by atoms with Gasteiger partial charge in [-0.25, -0.2) is 9.98 Å². The van der Waals surface area contributed by atoms with Crippen LogP contribution in [0.15, 0.2) is 40.1 Å². The van der Waals surface area contributed by atoms with Crippen LogP contribution in [0.2, 0.25) is 0 Å². The smallest absolute Gasteiger partial charge is 0.257 e. The van der Waals surface area contributed by atoms with Gasteiger partial charge in [-0.2, -0.15) is 0 Å². The lowest BCUT2D eigenvalue weighted by Crippen LogP contribution is -2.45. The number of aromatic hydroxyl groups is 1. The van der Waals surface area contributed by atoms with Crippen molar-refractivity contribution in [3.63, 3.8) is 0 Å². The van der Waals surface area contributed by atoms with Crippen molar-refractivity contribution >= 4 is 11.9 Å². The SMILES string of the molecule is Cc1cc(=O)n2c(n1)NC(N1CCCCC1)=NC2c1ccc(O)cc1. The Labute approximate surface area is 145 Å². The molecule has 2 aromatic rings. The average molecular weight is 339 g/mol. The second-order valence-electron chi connectivity index (χ2n) is 6.52. The van der Waals surface area contributed by atoms with Gasteiger partial charge in [-0.05, 0) is 43.9 Å². The number of aromatic nitrogens is 2. The summed E-state index contributed by atoms with van der Waals surface area (Å²) < 4.78 is 1.56. The number of guanidine groups is 1. The van der Waals surface area contributed by atoms with Crippen LogP contribution in [0, 0.1) is 6.92 Å². The summed E-state index contributed by atoms with van der Waals surface area (Å²) in [6.45, 7) is 3.71. The van der Waals surface area contributed by atoms with Crippen LogP contribution in [0.5, 0.6) is 5.75 Å². The lowest BCUT2D eigenvalue weighted by molar-refractivity contribution is 0.335. The second kappa shape index (κ2) is 6.23. The van der Waals surface area contributed by atoms with E-state index in [1.807, 2.05) is 6.92 Å². The minimum absolute atomic E-state index is 0.144. The maximum atomic E-state index is 12.6. The first-order valence-corrected chi connectivity index (χ1v) is 8.61. The molecule has 4 rings (SSSR count). The summed E-state index contributed by atoms with van der Waals surface area (Å²) in [6.07, 6.45) is 3.02. The summed E-state index contributed by atoms with van der Waals surface area (Å²) in [5.41, 5.74) is 1.37. The molecule has 0 spiro atoms. The summed E-state index contributed by atoms with van der Waals surface area (Å²) in [4.78, 5) is 24.1. The normalized spacial score (nSPS) is 19.8. The van der Waals surface area contributed by atoms with Gasteiger partial charge in [0.2, 0.25) is 11.9 Å². The number of nitrogens with zero attached hydrogens (tertiary/aromatic N) is 4. The molecule has 1 aromatic carbocycles. The fraction of sp³-hybridized carbons (Fsp3) is 0.389. The second-order valence-corrected chi connectivity index (χ2v) is 6.52. The molecule has 7 heteroatoms. The number of aryl methyl sites for hydroxylation is 1. The van der Waals surface area contributed by atoms with Gasteiger partial charge in [-0.3, -0.25) is 14.7 Å². The molecule has 130 valence electrons. The van der Waals surface area contributed by atoms with Crippen molar-refractivity contribution in [3.05, 3.63) is 51.9 Å². The van der Waals surface area contributed by atoms with Gasteiger partial charge < -0.3 is 10.0 Å². The number of rotatable bonds is 1. The van der Waals surface area contributed by atoms with Crippen molar-refractivity contribution in [3.8, 4) is 5.75 Å². The Morgan fingerprint density at radius 1 is 1.16 bits per heavy atom. The number of phenols is 1. The van der Waals surface area contributed by atoms with Gasteiger partial charge >= 0.3 is 0 Å². The highest BCUT2D eigenvalue weighted by atomic mass is 16.3. The molecule has 2 N–H and O–H groups in total. The van der Waals surface area contributed by atoms with Crippen LogP contribution < -0.4 is 10.9 Å². The molecule has 1 aromatic heterocycles. The van der Waals surface area contributed by atoms with Crippen molar-refractivity contribution in [2.45, 2.75) is 32.4 Å². The van der Waals surface area contributed by atoms with Crippen molar-refractivity contribution in [2.24, 2.45) is 4.99 Å². The number of anilines is 1. The van der Waals surface area contributed by atoms with Crippen molar-refractivity contribution in [1.82, 2.24) is 14.5 Å². The Morgan fingerprint density at radius 3 is 2.60 bits per heavy atom. The van der Waals surface area contributed by atoms with Crippen LogP contribution in [0.3, 0.4) is 0 Å². The molecule has 0 amide bonds. The predicted octanol–water partition coefficient (Wildman–Crippen LogP) is 2.07. The van der Waals surface area contributed by atoms with E-state index in [-0.39, 0.29) is 11.3 Å². The van der Waals surface area contributed by atoms with E-state index in [0.29, 0.717) is 11.6 Å². The molecule has 1 saturated heterocycles. The minimum Gasteiger partial charge on any atom is -0.508 e. The third-order valence-corrected chi connectivity index (χ3v) is 4.64. The topological polar surface area (TPSA) is 82.8 Å². The first kappa shape index (κ1) is 15.7. The summed E-state index contributed by atoms with van der Waals surface area (Å²) in [5.74, 6) is 1.46. The van der Waals surface area contributed by atoms with Crippen LogP contribution in [0.4, 0.5) is 5.95 Å². The molecule has 2 aliphatic heterocycles. The molecule has 1 fully saturated rings. The Balaban J connectivity index is 1.82. The zero-order chi connectivity index (χ0) is 17.4. The van der Waals surface area contributed by atoms with Gasteiger partial charge in [-0.15, -0.1) is 0 Å². The minimum atomic E-state index is -0.491. The first-order valence-electron chi connectivity index (χ1n) is 8.61. The summed E-state index contributed by atoms with van der Waals surface area (Å²) in [5, 5.41) is 12.8. The number of piperidine rings is 1. The Hall–Kier alpha value is -2.83. The molecule has 0 bridgehead atoms. The molecule has 1 unspecified atom stereocenters. The van der Waals surface area contributed by atoms with Gasteiger partial charge in [0.25, 0.3) is 5.56 Å². The third-order valence-electron chi connectivity index (χ3n) is 4.64. The van der Waals surface area contributed by atoms with Crippen LogP contribution in [0.25, 0.3) is 0 Å². The maximum Gasteiger partial charge on any atom is 0.257 e. The summed E-state index contributed by atoms with van der Waals surface area (Å²) >= 11 is 0. The molecular weight excluding hydrogens is 318 g/mol. The number of hydrogen-bond donors (Lipinski definition) is 2. The summed E-state index contributed by atoms with van der Waals surface area (Å²) in [6, 6.07) is 8.32. The van der Waals surface area contributed by atoms with E-state index >= 15 is 0 Å². The van der Waals surface area contributed by atoms with E-state index in [2.05, 4.69) is 15.2 Å². The highest BCUT2D eigenvalue weighted by Gasteiger charge is 2.27. The predicted molar refractivity (Wildman–Crippen MR) is 96.0 cm³/mol. The summed E-state index contributed by atoms with van der Waals surface area (Å²) in [7, 11) is 0. The number of hydrogen-bond acceptors (Lipinski definition) is 6. The fourth-order valence-electron chi connectivity index (χ4n) is 3.37. The van der Waals surface area contributed by atoms with Crippen LogP contribution >= 0.6 is 0 Å². The Morgan fingerprint density at radius 2 is 1.88 bits per heavy atom. The molecule has 2 aliphatic rings. The number of fused-ring (bicyclic) bond motifs is 1. The van der Waals surface area contributed by atoms with Crippen molar-refractivity contribution < 1.29 is 5.11 Å². The molecule has 1 atom stereocenters. The molecule has 25 heavy (non-hydrogen) atoms. The van der Waals surface area contributed by atoms with Crippen LogP contribution in [0.1, 0.15) is 36.7 Å². The fourth-order valence-corrected chi connectivity index (χ4v) is 3.37.